The van der Waals surface area contributed by atoms with Gasteiger partial charge in [-0.25, -0.2) is 0 Å². The average Bonchev–Trinajstić information content (AvgIpc) is 2.73. The van der Waals surface area contributed by atoms with Crippen molar-refractivity contribution in [3.63, 3.8) is 0 Å². The molecule has 3 aliphatic rings. The summed E-state index contributed by atoms with van der Waals surface area (Å²) in [5.74, 6) is 1.37. The van der Waals surface area contributed by atoms with Gasteiger partial charge < -0.3 is 9.64 Å². The molecule has 2 heterocycles. The Morgan fingerprint density at radius 2 is 2.23 bits per heavy atom. The van der Waals surface area contributed by atoms with Gasteiger partial charge in [0.05, 0.1) is 12.6 Å². The van der Waals surface area contributed by atoms with Gasteiger partial charge in [-0.2, -0.15) is 0 Å². The van der Waals surface area contributed by atoms with Crippen molar-refractivity contribution < 1.29 is 9.53 Å². The lowest BCUT2D eigenvalue weighted by Crippen LogP contribution is -2.50. The molecule has 0 radical (unpaired) electrons. The van der Waals surface area contributed by atoms with Gasteiger partial charge in [0.2, 0.25) is 5.91 Å². The molecule has 3 atom stereocenters. The van der Waals surface area contributed by atoms with Crippen LogP contribution in [0, 0.1) is 11.8 Å². The molecule has 1 aliphatic carbocycles. The summed E-state index contributed by atoms with van der Waals surface area (Å²) in [5, 5.41) is 0. The Hall–Kier alpha value is -0.570. The summed E-state index contributed by atoms with van der Waals surface area (Å²) in [6, 6.07) is 0.367. The fourth-order valence-corrected chi connectivity index (χ4v) is 2.84. The largest absolute Gasteiger partial charge is 0.354 e. The zero-order valence-electron chi connectivity index (χ0n) is 8.12. The highest BCUT2D eigenvalue weighted by atomic mass is 16.5. The number of piperidine rings is 1. The van der Waals surface area contributed by atoms with Gasteiger partial charge in [-0.3, -0.25) is 4.79 Å². The molecule has 0 unspecified atom stereocenters. The van der Waals surface area contributed by atoms with Gasteiger partial charge >= 0.3 is 0 Å². The lowest BCUT2D eigenvalue weighted by atomic mass is 10.0. The molecular formula is C10H15NO2. The van der Waals surface area contributed by atoms with Gasteiger partial charge in [-0.1, -0.05) is 0 Å². The monoisotopic (exact) mass is 181 g/mol. The van der Waals surface area contributed by atoms with Gasteiger partial charge in [0, 0.05) is 5.92 Å². The number of nitrogens with zero attached hydrogens (tertiary/aromatic N) is 1. The Labute approximate surface area is 78.0 Å². The molecule has 2 aliphatic heterocycles. The van der Waals surface area contributed by atoms with E-state index in [2.05, 4.69) is 0 Å². The van der Waals surface area contributed by atoms with Crippen molar-refractivity contribution in [1.29, 1.82) is 0 Å². The summed E-state index contributed by atoms with van der Waals surface area (Å²) in [4.78, 5) is 13.9. The average molecular weight is 181 g/mol. The number of ether oxygens (including phenoxy) is 1. The second kappa shape index (κ2) is 2.08. The van der Waals surface area contributed by atoms with E-state index in [1.54, 1.807) is 0 Å². The topological polar surface area (TPSA) is 29.5 Å². The number of carbonyl (C=O) groups is 1. The van der Waals surface area contributed by atoms with Crippen molar-refractivity contribution in [3.8, 4) is 0 Å². The van der Waals surface area contributed by atoms with Crippen LogP contribution >= 0.6 is 0 Å². The van der Waals surface area contributed by atoms with Crippen molar-refractivity contribution in [3.05, 3.63) is 0 Å². The van der Waals surface area contributed by atoms with Crippen molar-refractivity contribution >= 4 is 5.91 Å². The highest BCUT2D eigenvalue weighted by Gasteiger charge is 2.57. The first-order valence-electron chi connectivity index (χ1n) is 5.07. The summed E-state index contributed by atoms with van der Waals surface area (Å²) in [7, 11) is 0. The van der Waals surface area contributed by atoms with E-state index in [9.17, 15) is 4.79 Å². The first-order chi connectivity index (χ1) is 6.09. The van der Waals surface area contributed by atoms with E-state index in [4.69, 9.17) is 4.74 Å². The van der Waals surface area contributed by atoms with Crippen LogP contribution in [-0.4, -0.2) is 29.2 Å². The number of amides is 1. The molecule has 13 heavy (non-hydrogen) atoms. The number of hydrogen-bond acceptors (Lipinski definition) is 2. The molecule has 72 valence electrons. The maximum absolute atomic E-state index is 11.9. The number of rotatable bonds is 0. The molecule has 0 N–H and O–H groups in total. The van der Waals surface area contributed by atoms with Crippen molar-refractivity contribution in [2.45, 2.75) is 38.5 Å². The summed E-state index contributed by atoms with van der Waals surface area (Å²) < 4.78 is 5.63. The zero-order valence-corrected chi connectivity index (χ0v) is 8.12. The minimum atomic E-state index is -0.352. The molecule has 3 heteroatoms. The minimum absolute atomic E-state index is 0.337. The first kappa shape index (κ1) is 7.80. The maximum Gasteiger partial charge on any atom is 0.228 e. The Bertz CT molecular complexity index is 274. The van der Waals surface area contributed by atoms with E-state index >= 15 is 0 Å². The molecular weight excluding hydrogens is 166 g/mol. The molecule has 1 saturated carbocycles. The van der Waals surface area contributed by atoms with Crippen LogP contribution < -0.4 is 0 Å². The molecule has 3 nitrogen and oxygen atoms in total. The van der Waals surface area contributed by atoms with Gasteiger partial charge in [0.1, 0.15) is 5.72 Å². The molecule has 0 bridgehead atoms. The van der Waals surface area contributed by atoms with E-state index in [1.165, 1.54) is 6.42 Å². The van der Waals surface area contributed by atoms with Crippen LogP contribution in [0.5, 0.6) is 0 Å². The van der Waals surface area contributed by atoms with Gasteiger partial charge in [0.15, 0.2) is 0 Å². The molecule has 1 amide bonds. The fraction of sp³-hybridized carbons (Fsp3) is 0.900. The highest BCUT2D eigenvalue weighted by molar-refractivity contribution is 5.84. The minimum Gasteiger partial charge on any atom is -0.354 e. The number of fused-ring (bicyclic) bond motifs is 2. The van der Waals surface area contributed by atoms with Crippen molar-refractivity contribution in [2.75, 3.05) is 6.61 Å². The Kier molecular flexibility index (Phi) is 1.25. The quantitative estimate of drug-likeness (QED) is 0.557. The molecule has 0 aromatic heterocycles. The standard InChI is InChI=1S/C10H15NO2/c1-10(2)11-7(5-13-10)3-6-4-8(6)9(11)12/h6-8H,3-5H2,1-2H3/t6-,7+,8+/m1/s1. The van der Waals surface area contributed by atoms with Crippen LogP contribution in [-0.2, 0) is 9.53 Å². The van der Waals surface area contributed by atoms with Crippen LogP contribution in [0.3, 0.4) is 0 Å². The van der Waals surface area contributed by atoms with E-state index < -0.39 is 0 Å². The van der Waals surface area contributed by atoms with Gasteiger partial charge in [0.25, 0.3) is 0 Å². The molecule has 0 aromatic carbocycles. The molecule has 0 aromatic rings. The van der Waals surface area contributed by atoms with Crippen LogP contribution in [0.1, 0.15) is 26.7 Å². The smallest absolute Gasteiger partial charge is 0.228 e. The number of hydrogen-bond donors (Lipinski definition) is 0. The molecule has 3 fully saturated rings. The molecule has 2 saturated heterocycles. The van der Waals surface area contributed by atoms with Gasteiger partial charge in [-0.05, 0) is 32.6 Å². The van der Waals surface area contributed by atoms with Crippen LogP contribution in [0.2, 0.25) is 0 Å². The van der Waals surface area contributed by atoms with Crippen molar-refractivity contribution in [2.24, 2.45) is 11.8 Å². The second-order valence-electron chi connectivity index (χ2n) is 4.96. The Balaban J connectivity index is 1.94. The molecule has 0 spiro atoms. The molecule has 3 rings (SSSR count). The highest BCUT2D eigenvalue weighted by Crippen LogP contribution is 2.51. The van der Waals surface area contributed by atoms with Crippen LogP contribution in [0.15, 0.2) is 0 Å². The van der Waals surface area contributed by atoms with E-state index in [1.807, 2.05) is 18.7 Å². The van der Waals surface area contributed by atoms with Crippen molar-refractivity contribution in [1.82, 2.24) is 4.90 Å². The predicted octanol–water partition coefficient (Wildman–Crippen LogP) is 0.990. The van der Waals surface area contributed by atoms with E-state index in [0.29, 0.717) is 23.8 Å². The van der Waals surface area contributed by atoms with E-state index in [0.717, 1.165) is 13.0 Å². The predicted molar refractivity (Wildman–Crippen MR) is 46.9 cm³/mol. The fourth-order valence-electron chi connectivity index (χ4n) is 2.84. The second-order valence-corrected chi connectivity index (χ2v) is 4.96. The van der Waals surface area contributed by atoms with Gasteiger partial charge in [-0.15, -0.1) is 0 Å². The zero-order chi connectivity index (χ0) is 9.22. The lowest BCUT2D eigenvalue weighted by Gasteiger charge is -2.36. The third-order valence-corrected chi connectivity index (χ3v) is 3.63. The lowest BCUT2D eigenvalue weighted by molar-refractivity contribution is -0.150. The third-order valence-electron chi connectivity index (χ3n) is 3.63. The van der Waals surface area contributed by atoms with Crippen LogP contribution in [0.25, 0.3) is 0 Å². The van der Waals surface area contributed by atoms with E-state index in [-0.39, 0.29) is 5.72 Å². The summed E-state index contributed by atoms with van der Waals surface area (Å²) >= 11 is 0. The summed E-state index contributed by atoms with van der Waals surface area (Å²) in [6.07, 6.45) is 2.29. The third kappa shape index (κ3) is 0.909. The SMILES string of the molecule is CC1(C)OC[C@@H]2C[C@@H]3C[C@@H]3C(=O)N21. The summed E-state index contributed by atoms with van der Waals surface area (Å²) in [6.45, 7) is 4.73. The Morgan fingerprint density at radius 3 is 3.00 bits per heavy atom. The summed E-state index contributed by atoms with van der Waals surface area (Å²) in [5.41, 5.74) is -0.352. The van der Waals surface area contributed by atoms with Crippen LogP contribution in [0.4, 0.5) is 0 Å². The number of carbonyl (C=O) groups excluding carboxylic acids is 1. The Morgan fingerprint density at radius 1 is 1.46 bits per heavy atom. The normalized spacial score (nSPS) is 45.8. The first-order valence-corrected chi connectivity index (χ1v) is 5.07. The maximum atomic E-state index is 11.9.